The molecule has 0 aliphatic heterocycles. The second-order valence-electron chi connectivity index (χ2n) is 3.40. The molecule has 4 nitrogen and oxygen atoms in total. The minimum absolute atomic E-state index is 0.715. The number of nitrogens with two attached hydrogens (primary N) is 1. The van der Waals surface area contributed by atoms with E-state index >= 15 is 0 Å². The molecule has 2 N–H and O–H groups in total. The van der Waals surface area contributed by atoms with E-state index in [1.807, 2.05) is 24.0 Å². The third kappa shape index (κ3) is 3.60. The highest BCUT2D eigenvalue weighted by molar-refractivity contribution is 5.80. The molecule has 0 aliphatic carbocycles. The monoisotopic (exact) mass is 194 g/mol. The molecule has 0 amide bonds. The third-order valence-corrected chi connectivity index (χ3v) is 1.91. The predicted octanol–water partition coefficient (Wildman–Crippen LogP) is 1.35. The number of aromatic nitrogens is 2. The Hall–Kier alpha value is -1.32. The van der Waals surface area contributed by atoms with E-state index in [9.17, 15) is 0 Å². The van der Waals surface area contributed by atoms with E-state index in [1.54, 1.807) is 0 Å². The highest BCUT2D eigenvalue weighted by atomic mass is 15.3. The van der Waals surface area contributed by atoms with Gasteiger partial charge in [-0.2, -0.15) is 5.10 Å². The topological polar surface area (TPSA) is 56.2 Å². The first-order chi connectivity index (χ1) is 6.72. The van der Waals surface area contributed by atoms with Crippen LogP contribution in [0.3, 0.4) is 0 Å². The number of rotatable bonds is 5. The lowest BCUT2D eigenvalue weighted by Gasteiger charge is -1.99. The molecular weight excluding hydrogens is 176 g/mol. The van der Waals surface area contributed by atoms with Crippen molar-refractivity contribution in [3.63, 3.8) is 0 Å². The fourth-order valence-electron chi connectivity index (χ4n) is 1.22. The van der Waals surface area contributed by atoms with Crippen molar-refractivity contribution in [1.82, 2.24) is 9.78 Å². The van der Waals surface area contributed by atoms with Crippen molar-refractivity contribution in [2.45, 2.75) is 33.2 Å². The Bertz CT molecular complexity index is 301. The van der Waals surface area contributed by atoms with Crippen LogP contribution in [0.15, 0.2) is 17.4 Å². The van der Waals surface area contributed by atoms with Gasteiger partial charge in [0.15, 0.2) is 0 Å². The van der Waals surface area contributed by atoms with E-state index in [0.717, 1.165) is 25.2 Å². The maximum Gasteiger partial charge on any atom is 0.0937 e. The number of amidine groups is 1. The molecule has 4 heteroatoms. The zero-order valence-electron chi connectivity index (χ0n) is 8.90. The Morgan fingerprint density at radius 2 is 2.43 bits per heavy atom. The van der Waals surface area contributed by atoms with Crippen LogP contribution in [0.1, 0.15) is 25.3 Å². The second-order valence-corrected chi connectivity index (χ2v) is 3.40. The quantitative estimate of drug-likeness (QED) is 0.568. The number of aliphatic imine (C=N–C) groups is 1. The van der Waals surface area contributed by atoms with Crippen LogP contribution in [0.25, 0.3) is 0 Å². The highest BCUT2D eigenvalue weighted by Crippen LogP contribution is 1.94. The van der Waals surface area contributed by atoms with Crippen molar-refractivity contribution in [2.75, 3.05) is 6.54 Å². The van der Waals surface area contributed by atoms with Crippen molar-refractivity contribution in [3.05, 3.63) is 18.0 Å². The lowest BCUT2D eigenvalue weighted by atomic mass is 10.3. The highest BCUT2D eigenvalue weighted by Gasteiger charge is 1.93. The molecule has 1 heterocycles. The average Bonchev–Trinajstić information content (AvgIpc) is 2.52. The maximum absolute atomic E-state index is 5.67. The zero-order valence-corrected chi connectivity index (χ0v) is 8.90. The van der Waals surface area contributed by atoms with Gasteiger partial charge in [-0.3, -0.25) is 9.67 Å². The van der Waals surface area contributed by atoms with Gasteiger partial charge in [0.25, 0.3) is 0 Å². The smallest absolute Gasteiger partial charge is 0.0937 e. The molecule has 0 aromatic carbocycles. The van der Waals surface area contributed by atoms with Crippen LogP contribution in [-0.4, -0.2) is 22.2 Å². The van der Waals surface area contributed by atoms with Crippen molar-refractivity contribution >= 4 is 5.84 Å². The van der Waals surface area contributed by atoms with Crippen LogP contribution in [0.4, 0.5) is 0 Å². The van der Waals surface area contributed by atoms with Gasteiger partial charge in [-0.25, -0.2) is 0 Å². The average molecular weight is 194 g/mol. The van der Waals surface area contributed by atoms with Gasteiger partial charge in [0.05, 0.1) is 25.1 Å². The number of aryl methyl sites for hydroxylation is 1. The molecule has 78 valence electrons. The molecule has 0 fully saturated rings. The molecule has 0 radical (unpaired) electrons. The first-order valence-corrected chi connectivity index (χ1v) is 5.00. The molecule has 0 bridgehead atoms. The van der Waals surface area contributed by atoms with Gasteiger partial charge in [0, 0.05) is 12.6 Å². The minimum Gasteiger partial charge on any atom is -0.387 e. The van der Waals surface area contributed by atoms with E-state index in [4.69, 9.17) is 5.73 Å². The van der Waals surface area contributed by atoms with Crippen LogP contribution in [0, 0.1) is 6.92 Å². The first kappa shape index (κ1) is 10.8. The van der Waals surface area contributed by atoms with Gasteiger partial charge >= 0.3 is 0 Å². The fraction of sp³-hybridized carbons (Fsp3) is 0.600. The molecule has 0 saturated heterocycles. The molecule has 14 heavy (non-hydrogen) atoms. The third-order valence-electron chi connectivity index (χ3n) is 1.91. The van der Waals surface area contributed by atoms with Gasteiger partial charge in [0.2, 0.25) is 0 Å². The summed E-state index contributed by atoms with van der Waals surface area (Å²) in [7, 11) is 0. The van der Waals surface area contributed by atoms with Gasteiger partial charge in [-0.15, -0.1) is 0 Å². The summed E-state index contributed by atoms with van der Waals surface area (Å²) in [6.45, 7) is 5.64. The van der Waals surface area contributed by atoms with Crippen molar-refractivity contribution in [2.24, 2.45) is 10.7 Å². The number of nitrogens with zero attached hydrogens (tertiary/aromatic N) is 3. The largest absolute Gasteiger partial charge is 0.387 e. The summed E-state index contributed by atoms with van der Waals surface area (Å²) in [5.74, 6) is 0.747. The summed E-state index contributed by atoms with van der Waals surface area (Å²) in [5.41, 5.74) is 6.85. The van der Waals surface area contributed by atoms with Crippen LogP contribution in [-0.2, 0) is 6.54 Å². The SMILES string of the molecule is CCCC(N)=NCCn1cc(C)cn1. The molecule has 0 atom stereocenters. The summed E-state index contributed by atoms with van der Waals surface area (Å²) >= 11 is 0. The lowest BCUT2D eigenvalue weighted by molar-refractivity contribution is 0.624. The lowest BCUT2D eigenvalue weighted by Crippen LogP contribution is -2.13. The molecule has 0 unspecified atom stereocenters. The van der Waals surface area contributed by atoms with Crippen LogP contribution in [0.5, 0.6) is 0 Å². The molecule has 1 aromatic rings. The summed E-state index contributed by atoms with van der Waals surface area (Å²) < 4.78 is 1.89. The fourth-order valence-corrected chi connectivity index (χ4v) is 1.22. The van der Waals surface area contributed by atoms with Crippen LogP contribution < -0.4 is 5.73 Å². The Balaban J connectivity index is 2.31. The van der Waals surface area contributed by atoms with E-state index in [-0.39, 0.29) is 0 Å². The van der Waals surface area contributed by atoms with Crippen LogP contribution >= 0.6 is 0 Å². The summed E-state index contributed by atoms with van der Waals surface area (Å²) in [6.07, 6.45) is 5.79. The molecular formula is C10H18N4. The van der Waals surface area contributed by atoms with E-state index in [1.165, 1.54) is 5.56 Å². The maximum atomic E-state index is 5.67. The van der Waals surface area contributed by atoms with E-state index < -0.39 is 0 Å². The normalized spacial score (nSPS) is 12.0. The van der Waals surface area contributed by atoms with Gasteiger partial charge < -0.3 is 5.73 Å². The Morgan fingerprint density at radius 3 is 3.00 bits per heavy atom. The number of hydrogen-bond acceptors (Lipinski definition) is 2. The van der Waals surface area contributed by atoms with Gasteiger partial charge in [-0.05, 0) is 18.9 Å². The minimum atomic E-state index is 0.715. The molecule has 1 rings (SSSR count). The summed E-state index contributed by atoms with van der Waals surface area (Å²) in [6, 6.07) is 0. The Kier molecular flexibility index (Phi) is 4.16. The van der Waals surface area contributed by atoms with Gasteiger partial charge in [-0.1, -0.05) is 6.92 Å². The van der Waals surface area contributed by atoms with Crippen molar-refractivity contribution in [3.8, 4) is 0 Å². The predicted molar refractivity (Wildman–Crippen MR) is 58.4 cm³/mol. The molecule has 0 aliphatic rings. The van der Waals surface area contributed by atoms with Crippen molar-refractivity contribution < 1.29 is 0 Å². The molecule has 0 spiro atoms. The van der Waals surface area contributed by atoms with Gasteiger partial charge in [0.1, 0.15) is 0 Å². The molecule has 1 aromatic heterocycles. The van der Waals surface area contributed by atoms with E-state index in [0.29, 0.717) is 6.54 Å². The van der Waals surface area contributed by atoms with Crippen molar-refractivity contribution in [1.29, 1.82) is 0 Å². The second kappa shape index (κ2) is 5.42. The standard InChI is InChI=1S/C10H18N4/c1-3-4-10(11)12-5-6-14-8-9(2)7-13-14/h7-8H,3-6H2,1-2H3,(H2,11,12). The zero-order chi connectivity index (χ0) is 10.4. The number of hydrogen-bond donors (Lipinski definition) is 1. The van der Waals surface area contributed by atoms with Crippen LogP contribution in [0.2, 0.25) is 0 Å². The van der Waals surface area contributed by atoms with E-state index in [2.05, 4.69) is 17.0 Å². The first-order valence-electron chi connectivity index (χ1n) is 5.00. The Morgan fingerprint density at radius 1 is 1.64 bits per heavy atom. The summed E-state index contributed by atoms with van der Waals surface area (Å²) in [4.78, 5) is 4.25. The molecule has 0 saturated carbocycles. The summed E-state index contributed by atoms with van der Waals surface area (Å²) in [5, 5.41) is 4.17. The Labute approximate surface area is 84.8 Å².